The molecule has 10 heteroatoms. The summed E-state index contributed by atoms with van der Waals surface area (Å²) in [6, 6.07) is 5.25. The first kappa shape index (κ1) is 18.1. The minimum Gasteiger partial charge on any atom is -0.338 e. The first-order valence-electron chi connectivity index (χ1n) is 8.88. The quantitative estimate of drug-likeness (QED) is 0.758. The van der Waals surface area contributed by atoms with E-state index in [1.54, 1.807) is 9.58 Å². The number of nitrogens with one attached hydrogen (secondary N) is 1. The van der Waals surface area contributed by atoms with Gasteiger partial charge in [0.2, 0.25) is 15.9 Å². The Bertz CT molecular complexity index is 951. The van der Waals surface area contributed by atoms with E-state index < -0.39 is 20.7 Å². The Labute approximate surface area is 156 Å². The van der Waals surface area contributed by atoms with Crippen LogP contribution in [-0.4, -0.2) is 53.9 Å². The maximum absolute atomic E-state index is 13.6. The minimum atomic E-state index is -3.97. The number of likely N-dealkylation sites (tertiary alicyclic amines) is 1. The number of hydrogen-bond donors (Lipinski definition) is 1. The second-order valence-electron chi connectivity index (χ2n) is 6.93. The van der Waals surface area contributed by atoms with Crippen molar-refractivity contribution >= 4 is 15.9 Å². The molecule has 1 aromatic carbocycles. The van der Waals surface area contributed by atoms with Crippen LogP contribution in [0.4, 0.5) is 4.39 Å². The molecule has 27 heavy (non-hydrogen) atoms. The van der Waals surface area contributed by atoms with E-state index in [2.05, 4.69) is 15.0 Å². The molecule has 1 saturated carbocycles. The van der Waals surface area contributed by atoms with Crippen molar-refractivity contribution in [2.24, 2.45) is 0 Å². The standard InChI is InChI=1S/C17H20FN5O3S/c18-14-3-1-2-4-16(14)27(25,26)19-8-7-17(24)22-9-13(10-22)23-11-15(20-21-23)12-5-6-12/h1-4,11-13,19H,5-10H2. The molecule has 0 bridgehead atoms. The van der Waals surface area contributed by atoms with Crippen LogP contribution in [0, 0.1) is 5.82 Å². The number of carbonyl (C=O) groups excluding carboxylic acids is 1. The van der Waals surface area contributed by atoms with Gasteiger partial charge in [-0.3, -0.25) is 4.79 Å². The molecule has 8 nitrogen and oxygen atoms in total. The molecule has 0 atom stereocenters. The maximum Gasteiger partial charge on any atom is 0.243 e. The van der Waals surface area contributed by atoms with Gasteiger partial charge in [-0.2, -0.15) is 0 Å². The third-order valence-electron chi connectivity index (χ3n) is 4.87. The number of sulfonamides is 1. The predicted molar refractivity (Wildman–Crippen MR) is 93.8 cm³/mol. The molecule has 1 aliphatic heterocycles. The Hall–Kier alpha value is -2.33. The van der Waals surface area contributed by atoms with Crippen molar-refractivity contribution in [3.8, 4) is 0 Å². The van der Waals surface area contributed by atoms with Crippen LogP contribution in [0.15, 0.2) is 35.4 Å². The highest BCUT2D eigenvalue weighted by Gasteiger charge is 2.34. The number of aromatic nitrogens is 3. The number of benzene rings is 1. The van der Waals surface area contributed by atoms with Crippen molar-refractivity contribution in [1.82, 2.24) is 24.6 Å². The molecule has 0 unspecified atom stereocenters. The second kappa shape index (κ2) is 7.01. The zero-order valence-corrected chi connectivity index (χ0v) is 15.4. The number of amides is 1. The molecule has 2 fully saturated rings. The molecule has 144 valence electrons. The van der Waals surface area contributed by atoms with Crippen LogP contribution in [0.5, 0.6) is 0 Å². The lowest BCUT2D eigenvalue weighted by molar-refractivity contribution is -0.137. The molecule has 2 aliphatic rings. The van der Waals surface area contributed by atoms with Crippen molar-refractivity contribution in [2.45, 2.75) is 36.1 Å². The highest BCUT2D eigenvalue weighted by Crippen LogP contribution is 2.39. The lowest BCUT2D eigenvalue weighted by Gasteiger charge is -2.38. The Kier molecular flexibility index (Phi) is 4.68. The van der Waals surface area contributed by atoms with E-state index in [1.165, 1.54) is 18.2 Å². The molecule has 0 radical (unpaired) electrons. The van der Waals surface area contributed by atoms with Gasteiger partial charge in [0.1, 0.15) is 10.7 Å². The van der Waals surface area contributed by atoms with E-state index >= 15 is 0 Å². The first-order chi connectivity index (χ1) is 12.9. The summed E-state index contributed by atoms with van der Waals surface area (Å²) in [5.41, 5.74) is 1.02. The fraction of sp³-hybridized carbons (Fsp3) is 0.471. The predicted octanol–water partition coefficient (Wildman–Crippen LogP) is 1.05. The summed E-state index contributed by atoms with van der Waals surface area (Å²) in [5, 5.41) is 8.30. The highest BCUT2D eigenvalue weighted by atomic mass is 32.2. The third kappa shape index (κ3) is 3.86. The van der Waals surface area contributed by atoms with E-state index in [9.17, 15) is 17.6 Å². The number of nitrogens with zero attached hydrogens (tertiary/aromatic N) is 4. The topological polar surface area (TPSA) is 97.2 Å². The summed E-state index contributed by atoms with van der Waals surface area (Å²) in [5.74, 6) is -0.427. The zero-order valence-electron chi connectivity index (χ0n) is 14.6. The molecule has 4 rings (SSSR count). The normalized spacial score (nSPS) is 17.7. The molecule has 2 heterocycles. The van der Waals surface area contributed by atoms with Crippen molar-refractivity contribution in [2.75, 3.05) is 19.6 Å². The Balaban J connectivity index is 1.24. The van der Waals surface area contributed by atoms with Crippen LogP contribution >= 0.6 is 0 Å². The van der Waals surface area contributed by atoms with Gasteiger partial charge in [-0.1, -0.05) is 17.3 Å². The lowest BCUT2D eigenvalue weighted by atomic mass is 10.1. The third-order valence-corrected chi connectivity index (χ3v) is 6.36. The van der Waals surface area contributed by atoms with Gasteiger partial charge in [-0.25, -0.2) is 22.2 Å². The summed E-state index contributed by atoms with van der Waals surface area (Å²) in [4.78, 5) is 13.4. The van der Waals surface area contributed by atoms with E-state index in [0.29, 0.717) is 19.0 Å². The van der Waals surface area contributed by atoms with E-state index in [0.717, 1.165) is 24.6 Å². The van der Waals surface area contributed by atoms with E-state index in [1.807, 2.05) is 6.20 Å². The van der Waals surface area contributed by atoms with Gasteiger partial charge in [-0.15, -0.1) is 5.10 Å². The summed E-state index contributed by atoms with van der Waals surface area (Å²) < 4.78 is 41.9. The second-order valence-corrected chi connectivity index (χ2v) is 8.66. The fourth-order valence-corrected chi connectivity index (χ4v) is 4.16. The van der Waals surface area contributed by atoms with Crippen LogP contribution in [0.1, 0.15) is 36.9 Å². The van der Waals surface area contributed by atoms with Crippen molar-refractivity contribution < 1.29 is 17.6 Å². The van der Waals surface area contributed by atoms with Crippen LogP contribution in [0.3, 0.4) is 0 Å². The van der Waals surface area contributed by atoms with Gasteiger partial charge < -0.3 is 4.90 Å². The smallest absolute Gasteiger partial charge is 0.243 e. The number of halogens is 1. The summed E-state index contributed by atoms with van der Waals surface area (Å²) in [7, 11) is -3.97. The molecule has 1 amide bonds. The molecule has 1 aromatic heterocycles. The van der Waals surface area contributed by atoms with E-state index in [-0.39, 0.29) is 24.9 Å². The van der Waals surface area contributed by atoms with Crippen LogP contribution in [0.2, 0.25) is 0 Å². The number of hydrogen-bond acceptors (Lipinski definition) is 5. The van der Waals surface area contributed by atoms with E-state index in [4.69, 9.17) is 0 Å². The summed E-state index contributed by atoms with van der Waals surface area (Å²) in [6.07, 6.45) is 4.30. The average Bonchev–Trinajstić information content (AvgIpc) is 3.32. The Morgan fingerprint density at radius 1 is 1.26 bits per heavy atom. The molecular weight excluding hydrogens is 373 g/mol. The molecule has 1 N–H and O–H groups in total. The van der Waals surface area contributed by atoms with Crippen LogP contribution in [-0.2, 0) is 14.8 Å². The Morgan fingerprint density at radius 2 is 2.00 bits per heavy atom. The monoisotopic (exact) mass is 393 g/mol. The Morgan fingerprint density at radius 3 is 2.70 bits per heavy atom. The van der Waals surface area contributed by atoms with Gasteiger partial charge in [0, 0.05) is 38.2 Å². The molecule has 2 aromatic rings. The zero-order chi connectivity index (χ0) is 19.0. The van der Waals surface area contributed by atoms with Crippen molar-refractivity contribution in [3.05, 3.63) is 42.0 Å². The van der Waals surface area contributed by atoms with Crippen LogP contribution in [0.25, 0.3) is 0 Å². The van der Waals surface area contributed by atoms with Gasteiger partial charge in [-0.05, 0) is 25.0 Å². The van der Waals surface area contributed by atoms with Gasteiger partial charge >= 0.3 is 0 Å². The van der Waals surface area contributed by atoms with Gasteiger partial charge in [0.25, 0.3) is 0 Å². The molecular formula is C17H20FN5O3S. The fourth-order valence-electron chi connectivity index (χ4n) is 3.05. The number of rotatable bonds is 7. The summed E-state index contributed by atoms with van der Waals surface area (Å²) in [6.45, 7) is 0.991. The largest absolute Gasteiger partial charge is 0.338 e. The molecule has 0 spiro atoms. The first-order valence-corrected chi connectivity index (χ1v) is 10.4. The van der Waals surface area contributed by atoms with Gasteiger partial charge in [0.15, 0.2) is 0 Å². The SMILES string of the molecule is O=C(CCNS(=O)(=O)c1ccccc1F)N1CC(n2cc(C3CC3)nn2)C1. The molecule has 1 saturated heterocycles. The average molecular weight is 393 g/mol. The highest BCUT2D eigenvalue weighted by molar-refractivity contribution is 7.89. The maximum atomic E-state index is 13.6. The van der Waals surface area contributed by atoms with Crippen molar-refractivity contribution in [1.29, 1.82) is 0 Å². The van der Waals surface area contributed by atoms with Gasteiger partial charge in [0.05, 0.1) is 11.7 Å². The number of carbonyl (C=O) groups is 1. The summed E-state index contributed by atoms with van der Waals surface area (Å²) >= 11 is 0. The van der Waals surface area contributed by atoms with Crippen LogP contribution < -0.4 is 4.72 Å². The molecule has 1 aliphatic carbocycles. The van der Waals surface area contributed by atoms with Crippen molar-refractivity contribution in [3.63, 3.8) is 0 Å². The lowest BCUT2D eigenvalue weighted by Crippen LogP contribution is -2.51. The minimum absolute atomic E-state index is 0.0189.